The van der Waals surface area contributed by atoms with Crippen molar-refractivity contribution in [2.45, 2.75) is 25.0 Å². The minimum atomic E-state index is -1.10. The Bertz CT molecular complexity index is 87.8. The summed E-state index contributed by atoms with van der Waals surface area (Å²) < 4.78 is 0. The van der Waals surface area contributed by atoms with Crippen molar-refractivity contribution in [3.05, 3.63) is 0 Å². The summed E-state index contributed by atoms with van der Waals surface area (Å²) in [4.78, 5) is 0. The third-order valence-electron chi connectivity index (χ3n) is 1.34. The fraction of sp³-hybridized carbons (Fsp3) is 1.00. The van der Waals surface area contributed by atoms with E-state index in [4.69, 9.17) is 11.5 Å². The molecule has 0 aromatic carbocycles. The normalized spacial score (nSPS) is 16.8. The first-order valence-electron chi connectivity index (χ1n) is 3.44. The van der Waals surface area contributed by atoms with Gasteiger partial charge >= 0.3 is 0 Å². The Morgan fingerprint density at radius 2 is 2.00 bits per heavy atom. The minimum Gasteiger partial charge on any atom is -0.375 e. The third-order valence-corrected chi connectivity index (χ3v) is 1.89. The minimum absolute atomic E-state index is 0.303. The van der Waals surface area contributed by atoms with Gasteiger partial charge in [-0.25, -0.2) is 0 Å². The standard InChI is InChI=1S/C6H16N2OS/c7-4-2-1-3-6(8,9)5-10/h9-10H,1-5,7-8H2. The molecule has 0 amide bonds. The average molecular weight is 164 g/mol. The summed E-state index contributed by atoms with van der Waals surface area (Å²) in [6.45, 7) is 0.655. The fourth-order valence-electron chi connectivity index (χ4n) is 0.655. The van der Waals surface area contributed by atoms with Gasteiger partial charge in [0.15, 0.2) is 0 Å². The van der Waals surface area contributed by atoms with E-state index < -0.39 is 5.72 Å². The molecule has 10 heavy (non-hydrogen) atoms. The van der Waals surface area contributed by atoms with Gasteiger partial charge in [0.25, 0.3) is 0 Å². The van der Waals surface area contributed by atoms with E-state index in [1.54, 1.807) is 0 Å². The Hall–Kier alpha value is 0.230. The summed E-state index contributed by atoms with van der Waals surface area (Å²) in [5, 5.41) is 9.21. The lowest BCUT2D eigenvalue weighted by Gasteiger charge is -2.19. The molecule has 4 heteroatoms. The Kier molecular flexibility index (Phi) is 5.07. The zero-order valence-electron chi connectivity index (χ0n) is 6.08. The molecule has 0 spiro atoms. The van der Waals surface area contributed by atoms with Gasteiger partial charge in [-0.3, -0.25) is 0 Å². The van der Waals surface area contributed by atoms with Crippen molar-refractivity contribution in [3.63, 3.8) is 0 Å². The van der Waals surface area contributed by atoms with E-state index in [9.17, 15) is 5.11 Å². The van der Waals surface area contributed by atoms with Crippen LogP contribution in [0.5, 0.6) is 0 Å². The molecule has 0 aliphatic rings. The zero-order valence-corrected chi connectivity index (χ0v) is 6.98. The molecule has 0 saturated carbocycles. The first-order valence-corrected chi connectivity index (χ1v) is 4.08. The molecule has 0 aromatic rings. The van der Waals surface area contributed by atoms with Crippen molar-refractivity contribution < 1.29 is 5.11 Å². The lowest BCUT2D eigenvalue weighted by atomic mass is 10.1. The molecule has 0 fully saturated rings. The van der Waals surface area contributed by atoms with Crippen LogP contribution < -0.4 is 11.5 Å². The molecule has 62 valence electrons. The molecule has 5 N–H and O–H groups in total. The number of hydrogen-bond acceptors (Lipinski definition) is 4. The van der Waals surface area contributed by atoms with Crippen molar-refractivity contribution in [2.75, 3.05) is 12.3 Å². The smallest absolute Gasteiger partial charge is 0.122 e. The van der Waals surface area contributed by atoms with Gasteiger partial charge < -0.3 is 16.6 Å². The van der Waals surface area contributed by atoms with Crippen molar-refractivity contribution >= 4 is 12.6 Å². The average Bonchev–Trinajstić information content (AvgIpc) is 1.89. The fourth-order valence-corrected chi connectivity index (χ4v) is 0.813. The van der Waals surface area contributed by atoms with Crippen LogP contribution in [-0.2, 0) is 0 Å². The molecule has 0 rings (SSSR count). The Balaban J connectivity index is 3.28. The van der Waals surface area contributed by atoms with Gasteiger partial charge in [0.2, 0.25) is 0 Å². The SMILES string of the molecule is NCCCCC(N)(O)CS. The molecule has 3 nitrogen and oxygen atoms in total. The lowest BCUT2D eigenvalue weighted by Crippen LogP contribution is -2.41. The van der Waals surface area contributed by atoms with Crippen LogP contribution in [0.1, 0.15) is 19.3 Å². The van der Waals surface area contributed by atoms with E-state index in [1.165, 1.54) is 0 Å². The van der Waals surface area contributed by atoms with Crippen LogP contribution in [-0.4, -0.2) is 23.1 Å². The molecule has 0 saturated heterocycles. The number of thiol groups is 1. The van der Waals surface area contributed by atoms with Crippen molar-refractivity contribution in [1.29, 1.82) is 0 Å². The molecule has 0 heterocycles. The lowest BCUT2D eigenvalue weighted by molar-refractivity contribution is 0.0608. The van der Waals surface area contributed by atoms with Crippen LogP contribution >= 0.6 is 12.6 Å². The molecule has 0 aliphatic heterocycles. The van der Waals surface area contributed by atoms with Crippen molar-refractivity contribution in [3.8, 4) is 0 Å². The highest BCUT2D eigenvalue weighted by Crippen LogP contribution is 2.08. The largest absolute Gasteiger partial charge is 0.375 e. The Morgan fingerprint density at radius 3 is 2.40 bits per heavy atom. The first kappa shape index (κ1) is 10.2. The topological polar surface area (TPSA) is 72.3 Å². The van der Waals surface area contributed by atoms with Crippen molar-refractivity contribution in [1.82, 2.24) is 0 Å². The summed E-state index contributed by atoms with van der Waals surface area (Å²) >= 11 is 3.90. The molecule has 0 aliphatic carbocycles. The maximum atomic E-state index is 9.21. The highest BCUT2D eigenvalue weighted by molar-refractivity contribution is 7.80. The van der Waals surface area contributed by atoms with E-state index in [2.05, 4.69) is 12.6 Å². The monoisotopic (exact) mass is 164 g/mol. The highest BCUT2D eigenvalue weighted by atomic mass is 32.1. The maximum Gasteiger partial charge on any atom is 0.122 e. The van der Waals surface area contributed by atoms with Gasteiger partial charge in [0.05, 0.1) is 0 Å². The third kappa shape index (κ3) is 5.05. The van der Waals surface area contributed by atoms with E-state index in [1.807, 2.05) is 0 Å². The van der Waals surface area contributed by atoms with Gasteiger partial charge in [-0.2, -0.15) is 12.6 Å². The summed E-state index contributed by atoms with van der Waals surface area (Å²) in [7, 11) is 0. The molecule has 0 bridgehead atoms. The van der Waals surface area contributed by atoms with Gasteiger partial charge in [-0.1, -0.05) is 0 Å². The molecule has 1 atom stereocenters. The quantitative estimate of drug-likeness (QED) is 0.256. The van der Waals surface area contributed by atoms with E-state index in [0.29, 0.717) is 18.7 Å². The van der Waals surface area contributed by atoms with Crippen LogP contribution in [0.4, 0.5) is 0 Å². The summed E-state index contributed by atoms with van der Waals surface area (Å²) in [6, 6.07) is 0. The number of unbranched alkanes of at least 4 members (excludes halogenated alkanes) is 1. The van der Waals surface area contributed by atoms with Gasteiger partial charge in [-0.15, -0.1) is 0 Å². The summed E-state index contributed by atoms with van der Waals surface area (Å²) in [5.74, 6) is 0.303. The molecule has 0 aromatic heterocycles. The molecule has 0 radical (unpaired) electrons. The van der Waals surface area contributed by atoms with Crippen LogP contribution in [0.15, 0.2) is 0 Å². The van der Waals surface area contributed by atoms with Crippen LogP contribution in [0.2, 0.25) is 0 Å². The second-order valence-corrected chi connectivity index (χ2v) is 2.82. The Morgan fingerprint density at radius 1 is 1.40 bits per heavy atom. The van der Waals surface area contributed by atoms with E-state index >= 15 is 0 Å². The zero-order chi connectivity index (χ0) is 8.04. The second kappa shape index (κ2) is 4.96. The molecular formula is C6H16N2OS. The molecular weight excluding hydrogens is 148 g/mol. The maximum absolute atomic E-state index is 9.21. The second-order valence-electron chi connectivity index (χ2n) is 2.51. The first-order chi connectivity index (χ1) is 4.62. The summed E-state index contributed by atoms with van der Waals surface area (Å²) in [6.07, 6.45) is 2.35. The van der Waals surface area contributed by atoms with Crippen molar-refractivity contribution in [2.24, 2.45) is 11.5 Å². The number of aliphatic hydroxyl groups is 1. The summed E-state index contributed by atoms with van der Waals surface area (Å²) in [5.41, 5.74) is 9.55. The number of nitrogens with two attached hydrogens (primary N) is 2. The van der Waals surface area contributed by atoms with Gasteiger partial charge in [0.1, 0.15) is 5.72 Å². The highest BCUT2D eigenvalue weighted by Gasteiger charge is 2.16. The van der Waals surface area contributed by atoms with Crippen LogP contribution in [0.3, 0.4) is 0 Å². The van der Waals surface area contributed by atoms with Gasteiger partial charge in [0, 0.05) is 5.75 Å². The van der Waals surface area contributed by atoms with Gasteiger partial charge in [-0.05, 0) is 25.8 Å². The van der Waals surface area contributed by atoms with E-state index in [-0.39, 0.29) is 0 Å². The Labute approximate surface area is 67.2 Å². The molecule has 1 unspecified atom stereocenters. The van der Waals surface area contributed by atoms with Crippen LogP contribution in [0, 0.1) is 0 Å². The number of rotatable bonds is 5. The number of hydrogen-bond donors (Lipinski definition) is 4. The predicted octanol–water partition coefficient (Wildman–Crippen LogP) is -0.307. The predicted molar refractivity (Wildman–Crippen MR) is 45.9 cm³/mol. The van der Waals surface area contributed by atoms with E-state index in [0.717, 1.165) is 12.8 Å². The van der Waals surface area contributed by atoms with Crippen LogP contribution in [0.25, 0.3) is 0 Å².